The number of benzene rings is 1. The van der Waals surface area contributed by atoms with Crippen LogP contribution in [0.25, 0.3) is 0 Å². The van der Waals surface area contributed by atoms with E-state index in [1.165, 1.54) is 11.1 Å². The summed E-state index contributed by atoms with van der Waals surface area (Å²) in [4.78, 5) is 14.7. The topological polar surface area (TPSA) is 38.8 Å². The van der Waals surface area contributed by atoms with Gasteiger partial charge in [0.25, 0.3) is 0 Å². The molecule has 1 saturated heterocycles. The fourth-order valence-electron chi connectivity index (χ4n) is 3.64. The maximum atomic E-state index is 12.3. The second-order valence-corrected chi connectivity index (χ2v) is 5.94. The highest BCUT2D eigenvalue weighted by molar-refractivity contribution is 5.85. The van der Waals surface area contributed by atoms with Crippen LogP contribution < -0.4 is 9.47 Å². The SMILES string of the molecule is CCC1CN2CCc3cc(OC)c(OC)cc3C2CC1=O.Cl. The van der Waals surface area contributed by atoms with Crippen LogP contribution in [0.1, 0.15) is 36.9 Å². The second-order valence-electron chi connectivity index (χ2n) is 5.94. The third-order valence-electron chi connectivity index (χ3n) is 4.91. The van der Waals surface area contributed by atoms with Gasteiger partial charge in [0, 0.05) is 31.5 Å². The molecule has 2 atom stereocenters. The molecule has 0 aromatic heterocycles. The van der Waals surface area contributed by atoms with Crippen molar-refractivity contribution in [1.29, 1.82) is 0 Å². The van der Waals surface area contributed by atoms with E-state index in [-0.39, 0.29) is 24.4 Å². The Labute approximate surface area is 138 Å². The largest absolute Gasteiger partial charge is 0.493 e. The van der Waals surface area contributed by atoms with Gasteiger partial charge >= 0.3 is 0 Å². The number of methoxy groups -OCH3 is 2. The molecule has 5 heteroatoms. The van der Waals surface area contributed by atoms with Crippen molar-refractivity contribution < 1.29 is 14.3 Å². The van der Waals surface area contributed by atoms with Crippen LogP contribution >= 0.6 is 12.4 Å². The zero-order valence-electron chi connectivity index (χ0n) is 13.4. The number of hydrogen-bond donors (Lipinski definition) is 0. The first kappa shape index (κ1) is 17.1. The smallest absolute Gasteiger partial charge is 0.161 e. The molecule has 1 fully saturated rings. The van der Waals surface area contributed by atoms with E-state index in [4.69, 9.17) is 9.47 Å². The molecule has 2 aliphatic rings. The number of ether oxygens (including phenoxy) is 2. The van der Waals surface area contributed by atoms with Crippen molar-refractivity contribution in [1.82, 2.24) is 4.90 Å². The fourth-order valence-corrected chi connectivity index (χ4v) is 3.64. The highest BCUT2D eigenvalue weighted by atomic mass is 35.5. The van der Waals surface area contributed by atoms with Gasteiger partial charge in [-0.2, -0.15) is 0 Å². The zero-order valence-corrected chi connectivity index (χ0v) is 14.2. The van der Waals surface area contributed by atoms with Crippen LogP contribution in [-0.4, -0.2) is 38.0 Å². The summed E-state index contributed by atoms with van der Waals surface area (Å²) >= 11 is 0. The molecular weight excluding hydrogens is 302 g/mol. The first-order valence-corrected chi connectivity index (χ1v) is 7.69. The number of fused-ring (bicyclic) bond motifs is 3. The summed E-state index contributed by atoms with van der Waals surface area (Å²) in [5.41, 5.74) is 2.53. The number of carbonyl (C=O) groups is 1. The fraction of sp³-hybridized carbons (Fsp3) is 0.588. The van der Waals surface area contributed by atoms with E-state index in [9.17, 15) is 4.79 Å². The van der Waals surface area contributed by atoms with Crippen LogP contribution in [0.5, 0.6) is 11.5 Å². The third-order valence-corrected chi connectivity index (χ3v) is 4.91. The van der Waals surface area contributed by atoms with Gasteiger partial charge in [-0.05, 0) is 36.1 Å². The molecule has 0 bridgehead atoms. The Bertz CT molecular complexity index is 561. The van der Waals surface area contributed by atoms with Crippen LogP contribution in [0.2, 0.25) is 0 Å². The predicted molar refractivity (Wildman–Crippen MR) is 88.2 cm³/mol. The normalized spacial score (nSPS) is 24.0. The Morgan fingerprint density at radius 2 is 1.91 bits per heavy atom. The van der Waals surface area contributed by atoms with E-state index in [1.807, 2.05) is 0 Å². The van der Waals surface area contributed by atoms with Gasteiger partial charge in [0.15, 0.2) is 11.5 Å². The molecule has 0 amide bonds. The standard InChI is InChI=1S/C17H23NO3.ClH/c1-4-11-10-18-6-5-12-7-16(20-2)17(21-3)8-13(12)14(18)9-15(11)19;/h7-8,11,14H,4-6,9-10H2,1-3H3;1H. The first-order chi connectivity index (χ1) is 10.2. The number of rotatable bonds is 3. The number of piperidine rings is 1. The van der Waals surface area contributed by atoms with E-state index < -0.39 is 0 Å². The van der Waals surface area contributed by atoms with Gasteiger partial charge in [0.2, 0.25) is 0 Å². The quantitative estimate of drug-likeness (QED) is 0.856. The maximum Gasteiger partial charge on any atom is 0.161 e. The van der Waals surface area contributed by atoms with Crippen LogP contribution in [0.4, 0.5) is 0 Å². The van der Waals surface area contributed by atoms with Crippen LogP contribution in [-0.2, 0) is 11.2 Å². The molecule has 0 radical (unpaired) electrons. The lowest BCUT2D eigenvalue weighted by Crippen LogP contribution is -2.46. The van der Waals surface area contributed by atoms with Crippen molar-refractivity contribution in [3.63, 3.8) is 0 Å². The molecule has 2 unspecified atom stereocenters. The number of Topliss-reactive ketones (excluding diaryl/α,β-unsaturated/α-hetero) is 1. The first-order valence-electron chi connectivity index (χ1n) is 7.69. The lowest BCUT2D eigenvalue weighted by atomic mass is 9.82. The Balaban J connectivity index is 0.00000176. The summed E-state index contributed by atoms with van der Waals surface area (Å²) in [6, 6.07) is 4.34. The predicted octanol–water partition coefficient (Wildman–Crippen LogP) is 3.02. The van der Waals surface area contributed by atoms with Gasteiger partial charge in [0.05, 0.1) is 14.2 Å². The summed E-state index contributed by atoms with van der Waals surface area (Å²) in [6.07, 6.45) is 2.58. The summed E-state index contributed by atoms with van der Waals surface area (Å²) in [5.74, 6) is 2.14. The third kappa shape index (κ3) is 2.82. The number of ketones is 1. The molecule has 1 aromatic rings. The zero-order chi connectivity index (χ0) is 15.0. The molecule has 3 rings (SSSR count). The lowest BCUT2D eigenvalue weighted by Gasteiger charge is -2.42. The highest BCUT2D eigenvalue weighted by Gasteiger charge is 2.37. The molecule has 2 aliphatic heterocycles. The number of nitrogens with zero attached hydrogens (tertiary/aromatic N) is 1. The minimum absolute atomic E-state index is 0. The molecule has 0 spiro atoms. The van der Waals surface area contributed by atoms with Crippen LogP contribution in [0.15, 0.2) is 12.1 Å². The minimum Gasteiger partial charge on any atom is -0.493 e. The van der Waals surface area contributed by atoms with Crippen molar-refractivity contribution >= 4 is 18.2 Å². The van der Waals surface area contributed by atoms with Gasteiger partial charge in [-0.25, -0.2) is 0 Å². The van der Waals surface area contributed by atoms with Crippen LogP contribution in [0, 0.1) is 5.92 Å². The summed E-state index contributed by atoms with van der Waals surface area (Å²) in [5, 5.41) is 0. The average Bonchev–Trinajstić information content (AvgIpc) is 2.52. The summed E-state index contributed by atoms with van der Waals surface area (Å²) in [7, 11) is 3.32. The highest BCUT2D eigenvalue weighted by Crippen LogP contribution is 2.42. The average molecular weight is 326 g/mol. The molecule has 1 aromatic carbocycles. The molecule has 0 saturated carbocycles. The molecule has 0 N–H and O–H groups in total. The Hall–Kier alpha value is -1.26. The van der Waals surface area contributed by atoms with Crippen molar-refractivity contribution in [2.24, 2.45) is 5.92 Å². The van der Waals surface area contributed by atoms with E-state index >= 15 is 0 Å². The molecule has 122 valence electrons. The maximum absolute atomic E-state index is 12.3. The van der Waals surface area contributed by atoms with Gasteiger partial charge in [0.1, 0.15) is 5.78 Å². The number of halogens is 1. The summed E-state index contributed by atoms with van der Waals surface area (Å²) in [6.45, 7) is 4.03. The molecule has 2 heterocycles. The Morgan fingerprint density at radius 3 is 2.55 bits per heavy atom. The second kappa shape index (κ2) is 6.88. The van der Waals surface area contributed by atoms with Crippen molar-refractivity contribution in [3.05, 3.63) is 23.3 Å². The van der Waals surface area contributed by atoms with Gasteiger partial charge < -0.3 is 9.47 Å². The van der Waals surface area contributed by atoms with E-state index in [0.717, 1.165) is 37.4 Å². The van der Waals surface area contributed by atoms with E-state index in [1.54, 1.807) is 14.2 Å². The lowest BCUT2D eigenvalue weighted by molar-refractivity contribution is -0.128. The number of carbonyl (C=O) groups excluding carboxylic acids is 1. The molecule has 4 nitrogen and oxygen atoms in total. The Morgan fingerprint density at radius 1 is 1.23 bits per heavy atom. The summed E-state index contributed by atoms with van der Waals surface area (Å²) < 4.78 is 10.8. The van der Waals surface area contributed by atoms with Crippen LogP contribution in [0.3, 0.4) is 0 Å². The van der Waals surface area contributed by atoms with Crippen molar-refractivity contribution in [3.8, 4) is 11.5 Å². The number of hydrogen-bond acceptors (Lipinski definition) is 4. The molecule has 0 aliphatic carbocycles. The van der Waals surface area contributed by atoms with Gasteiger partial charge in [-0.15, -0.1) is 12.4 Å². The van der Waals surface area contributed by atoms with E-state index in [0.29, 0.717) is 12.2 Å². The van der Waals surface area contributed by atoms with Crippen molar-refractivity contribution in [2.75, 3.05) is 27.3 Å². The molecule has 22 heavy (non-hydrogen) atoms. The Kier molecular flexibility index (Phi) is 5.35. The monoisotopic (exact) mass is 325 g/mol. The van der Waals surface area contributed by atoms with Gasteiger partial charge in [-0.1, -0.05) is 6.92 Å². The molecular formula is C17H24ClNO3. The minimum atomic E-state index is 0. The van der Waals surface area contributed by atoms with E-state index in [2.05, 4.69) is 24.0 Å². The van der Waals surface area contributed by atoms with Crippen molar-refractivity contribution in [2.45, 2.75) is 32.2 Å². The van der Waals surface area contributed by atoms with Gasteiger partial charge in [-0.3, -0.25) is 9.69 Å².